The van der Waals surface area contributed by atoms with Crippen LogP contribution in [-0.4, -0.2) is 22.8 Å². The largest absolute Gasteiger partial charge is 0.417 e. The van der Waals surface area contributed by atoms with Crippen molar-refractivity contribution >= 4 is 40.7 Å². The summed E-state index contributed by atoms with van der Waals surface area (Å²) in [4.78, 5) is 17.3. The number of carbonyl (C=O) groups excluding carboxylic acids is 1. The molecule has 0 radical (unpaired) electrons. The fraction of sp³-hybridized carbons (Fsp3) is 0.200. The number of benzene rings is 1. The van der Waals surface area contributed by atoms with E-state index in [9.17, 15) is 18.0 Å². The molecule has 0 aliphatic carbocycles. The molecule has 3 nitrogen and oxygen atoms in total. The highest BCUT2D eigenvalue weighted by atomic mass is 35.5. The Bertz CT molecular complexity index is 761. The highest BCUT2D eigenvalue weighted by molar-refractivity contribution is 6.39. The molecule has 1 aromatic heterocycles. The fourth-order valence-corrected chi connectivity index (χ4v) is 2.71. The summed E-state index contributed by atoms with van der Waals surface area (Å²) in [5, 5.41) is 0.159. The number of alkyl halides is 3. The van der Waals surface area contributed by atoms with Crippen LogP contribution in [0.15, 0.2) is 30.5 Å². The minimum absolute atomic E-state index is 0.0998. The van der Waals surface area contributed by atoms with Gasteiger partial charge >= 0.3 is 6.18 Å². The quantitative estimate of drug-likeness (QED) is 0.701. The van der Waals surface area contributed by atoms with Crippen molar-refractivity contribution in [1.82, 2.24) is 9.88 Å². The van der Waals surface area contributed by atoms with Crippen LogP contribution in [0.2, 0.25) is 15.1 Å². The minimum atomic E-state index is -4.54. The summed E-state index contributed by atoms with van der Waals surface area (Å²) in [6.07, 6.45) is -3.87. The molecule has 128 valence electrons. The van der Waals surface area contributed by atoms with Gasteiger partial charge in [0.15, 0.2) is 0 Å². The maximum Gasteiger partial charge on any atom is 0.417 e. The van der Waals surface area contributed by atoms with Crippen LogP contribution < -0.4 is 0 Å². The average molecular weight is 398 g/mol. The first-order chi connectivity index (χ1) is 11.1. The molecular weight excluding hydrogens is 388 g/mol. The molecule has 0 spiro atoms. The molecule has 0 saturated carbocycles. The van der Waals surface area contributed by atoms with Crippen molar-refractivity contribution in [2.45, 2.75) is 12.7 Å². The standard InChI is InChI=1S/C15H10Cl3F3N2O/c1-23(14(24)13-9(16)3-2-4-10(13)17)7-12-11(18)5-8(6-22-12)15(19,20)21/h2-6H,7H2,1H3. The van der Waals surface area contributed by atoms with Crippen molar-refractivity contribution in [3.63, 3.8) is 0 Å². The van der Waals surface area contributed by atoms with Crippen LogP contribution in [0.25, 0.3) is 0 Å². The highest BCUT2D eigenvalue weighted by Crippen LogP contribution is 2.31. The Morgan fingerprint density at radius 2 is 1.75 bits per heavy atom. The molecule has 0 saturated heterocycles. The van der Waals surface area contributed by atoms with E-state index in [-0.39, 0.29) is 32.9 Å². The second kappa shape index (κ2) is 7.17. The van der Waals surface area contributed by atoms with Crippen molar-refractivity contribution in [2.24, 2.45) is 0 Å². The van der Waals surface area contributed by atoms with E-state index in [0.717, 1.165) is 6.07 Å². The van der Waals surface area contributed by atoms with Gasteiger partial charge in [0, 0.05) is 13.2 Å². The van der Waals surface area contributed by atoms with E-state index in [1.807, 2.05) is 0 Å². The van der Waals surface area contributed by atoms with Crippen LogP contribution >= 0.6 is 34.8 Å². The van der Waals surface area contributed by atoms with Crippen LogP contribution in [0, 0.1) is 0 Å². The van der Waals surface area contributed by atoms with Gasteiger partial charge in [-0.05, 0) is 18.2 Å². The first-order valence-corrected chi connectivity index (χ1v) is 7.65. The van der Waals surface area contributed by atoms with Crippen LogP contribution in [0.1, 0.15) is 21.6 Å². The molecule has 0 atom stereocenters. The molecule has 1 amide bonds. The van der Waals surface area contributed by atoms with E-state index < -0.39 is 17.6 Å². The number of halogens is 6. The lowest BCUT2D eigenvalue weighted by atomic mass is 10.2. The van der Waals surface area contributed by atoms with Crippen LogP contribution in [0.3, 0.4) is 0 Å². The number of hydrogen-bond acceptors (Lipinski definition) is 2. The summed E-state index contributed by atoms with van der Waals surface area (Å²) in [6.45, 7) is -0.0998. The molecule has 2 aromatic rings. The Morgan fingerprint density at radius 3 is 2.25 bits per heavy atom. The predicted molar refractivity (Wildman–Crippen MR) is 86.5 cm³/mol. The summed E-state index contributed by atoms with van der Waals surface area (Å²) in [7, 11) is 1.44. The van der Waals surface area contributed by atoms with Gasteiger partial charge in [0.25, 0.3) is 5.91 Å². The maximum absolute atomic E-state index is 12.6. The van der Waals surface area contributed by atoms with Crippen molar-refractivity contribution in [3.8, 4) is 0 Å². The summed E-state index contributed by atoms with van der Waals surface area (Å²) < 4.78 is 37.8. The molecule has 9 heteroatoms. The van der Waals surface area contributed by atoms with Gasteiger partial charge in [0.05, 0.1) is 38.4 Å². The second-order valence-corrected chi connectivity index (χ2v) is 6.13. The zero-order valence-corrected chi connectivity index (χ0v) is 14.4. The Morgan fingerprint density at radius 1 is 1.17 bits per heavy atom. The molecule has 24 heavy (non-hydrogen) atoms. The molecule has 0 fully saturated rings. The summed E-state index contributed by atoms with van der Waals surface area (Å²) in [5.74, 6) is -0.497. The Kier molecular flexibility index (Phi) is 5.63. The third kappa shape index (κ3) is 4.12. The molecular formula is C15H10Cl3F3N2O. The lowest BCUT2D eigenvalue weighted by molar-refractivity contribution is -0.137. The number of amides is 1. The fourth-order valence-electron chi connectivity index (χ4n) is 1.93. The van der Waals surface area contributed by atoms with Crippen molar-refractivity contribution < 1.29 is 18.0 Å². The zero-order chi connectivity index (χ0) is 18.1. The molecule has 0 aliphatic rings. The monoisotopic (exact) mass is 396 g/mol. The number of rotatable bonds is 3. The lowest BCUT2D eigenvalue weighted by Crippen LogP contribution is -2.27. The SMILES string of the molecule is CN(Cc1ncc(C(F)(F)F)cc1Cl)C(=O)c1c(Cl)cccc1Cl. The van der Waals surface area contributed by atoms with E-state index in [1.54, 1.807) is 6.07 Å². The van der Waals surface area contributed by atoms with E-state index >= 15 is 0 Å². The van der Waals surface area contributed by atoms with Crippen molar-refractivity contribution in [2.75, 3.05) is 7.05 Å². The average Bonchev–Trinajstić information content (AvgIpc) is 2.47. The molecule has 0 N–H and O–H groups in total. The van der Waals surface area contributed by atoms with Crippen LogP contribution in [0.4, 0.5) is 13.2 Å². The first kappa shape index (κ1) is 18.8. The zero-order valence-electron chi connectivity index (χ0n) is 12.2. The van der Waals surface area contributed by atoms with Gasteiger partial charge < -0.3 is 4.90 Å². The summed E-state index contributed by atoms with van der Waals surface area (Å²) in [6, 6.07) is 5.39. The van der Waals surface area contributed by atoms with Gasteiger partial charge in [-0.15, -0.1) is 0 Å². The van der Waals surface area contributed by atoms with E-state index in [0.29, 0.717) is 6.20 Å². The lowest BCUT2D eigenvalue weighted by Gasteiger charge is -2.19. The van der Waals surface area contributed by atoms with Crippen molar-refractivity contribution in [1.29, 1.82) is 0 Å². The number of nitrogens with zero attached hydrogens (tertiary/aromatic N) is 2. The number of pyridine rings is 1. The molecule has 0 bridgehead atoms. The van der Waals surface area contributed by atoms with E-state index in [4.69, 9.17) is 34.8 Å². The third-order valence-corrected chi connectivity index (χ3v) is 4.11. The minimum Gasteiger partial charge on any atom is -0.336 e. The third-order valence-electron chi connectivity index (χ3n) is 3.15. The van der Waals surface area contributed by atoms with Crippen LogP contribution in [-0.2, 0) is 12.7 Å². The molecule has 2 rings (SSSR count). The van der Waals surface area contributed by atoms with Gasteiger partial charge in [-0.25, -0.2) is 0 Å². The van der Waals surface area contributed by atoms with Crippen molar-refractivity contribution in [3.05, 3.63) is 62.4 Å². The molecule has 1 heterocycles. The van der Waals surface area contributed by atoms with Gasteiger partial charge in [-0.1, -0.05) is 40.9 Å². The number of hydrogen-bond donors (Lipinski definition) is 0. The number of aromatic nitrogens is 1. The second-order valence-electron chi connectivity index (χ2n) is 4.91. The Balaban J connectivity index is 2.24. The predicted octanol–water partition coefficient (Wildman–Crippen LogP) is 5.33. The van der Waals surface area contributed by atoms with Gasteiger partial charge in [0.2, 0.25) is 0 Å². The first-order valence-electron chi connectivity index (χ1n) is 6.52. The maximum atomic E-state index is 12.6. The van der Waals surface area contributed by atoms with Gasteiger partial charge in [-0.2, -0.15) is 13.2 Å². The van der Waals surface area contributed by atoms with E-state index in [2.05, 4.69) is 4.98 Å². The molecule has 1 aromatic carbocycles. The molecule has 0 unspecified atom stereocenters. The van der Waals surface area contributed by atoms with Gasteiger partial charge in [0.1, 0.15) is 0 Å². The normalized spacial score (nSPS) is 11.5. The Hall–Kier alpha value is -1.50. The molecule has 0 aliphatic heterocycles. The summed E-state index contributed by atoms with van der Waals surface area (Å²) >= 11 is 17.8. The van der Waals surface area contributed by atoms with Crippen LogP contribution in [0.5, 0.6) is 0 Å². The van der Waals surface area contributed by atoms with E-state index in [1.165, 1.54) is 24.1 Å². The number of carbonyl (C=O) groups is 1. The summed E-state index contributed by atoms with van der Waals surface area (Å²) in [5.41, 5.74) is -0.727. The Labute approximate surface area is 150 Å². The highest BCUT2D eigenvalue weighted by Gasteiger charge is 2.31. The smallest absolute Gasteiger partial charge is 0.336 e. The topological polar surface area (TPSA) is 33.2 Å². The van der Waals surface area contributed by atoms with Gasteiger partial charge in [-0.3, -0.25) is 9.78 Å².